The number of carbonyl (C=O) groups excluding carboxylic acids is 1. The van der Waals surface area contributed by atoms with E-state index in [9.17, 15) is 18.0 Å². The van der Waals surface area contributed by atoms with Gasteiger partial charge < -0.3 is 15.0 Å². The second kappa shape index (κ2) is 10.3. The molecule has 0 saturated carbocycles. The maximum absolute atomic E-state index is 13.0. The number of fused-ring (bicyclic) bond motifs is 1. The zero-order valence-corrected chi connectivity index (χ0v) is 22.3. The number of pyridine rings is 1. The maximum atomic E-state index is 13.0. The lowest BCUT2D eigenvalue weighted by Gasteiger charge is -2.39. The predicted molar refractivity (Wildman–Crippen MR) is 136 cm³/mol. The smallest absolute Gasteiger partial charge is 0.370 e. The van der Waals surface area contributed by atoms with Gasteiger partial charge in [-0.05, 0) is 46.2 Å². The Morgan fingerprint density at radius 2 is 1.89 bits per heavy atom. The Bertz CT molecular complexity index is 1300. The highest BCUT2D eigenvalue weighted by molar-refractivity contribution is 5.93. The van der Waals surface area contributed by atoms with Crippen molar-refractivity contribution in [2.75, 3.05) is 17.3 Å². The highest BCUT2D eigenvalue weighted by atomic mass is 19.4. The summed E-state index contributed by atoms with van der Waals surface area (Å²) in [6.07, 6.45) is 0.125. The van der Waals surface area contributed by atoms with Crippen molar-refractivity contribution in [2.24, 2.45) is 0 Å². The lowest BCUT2D eigenvalue weighted by molar-refractivity contribution is -0.141. The Hall–Kier alpha value is -3.54. The number of carbonyl (C=O) groups is 1. The molecule has 0 unspecified atom stereocenters. The van der Waals surface area contributed by atoms with E-state index in [1.54, 1.807) is 17.1 Å². The van der Waals surface area contributed by atoms with Gasteiger partial charge in [-0.15, -0.1) is 0 Å². The number of aryl methyl sites for hydroxylation is 1. The molecule has 0 spiro atoms. The molecule has 0 saturated heterocycles. The molecule has 1 aliphatic heterocycles. The predicted octanol–water partition coefficient (Wildman–Crippen LogP) is 4.19. The van der Waals surface area contributed by atoms with Crippen molar-refractivity contribution < 1.29 is 22.7 Å². The van der Waals surface area contributed by atoms with Crippen LogP contribution in [0.15, 0.2) is 30.7 Å². The van der Waals surface area contributed by atoms with Crippen molar-refractivity contribution in [1.29, 1.82) is 0 Å². The maximum Gasteiger partial charge on any atom is 0.433 e. The molecule has 2 atom stereocenters. The van der Waals surface area contributed by atoms with Gasteiger partial charge in [0, 0.05) is 49.2 Å². The van der Waals surface area contributed by atoms with Gasteiger partial charge in [-0.25, -0.2) is 4.98 Å². The Kier molecular flexibility index (Phi) is 7.46. The van der Waals surface area contributed by atoms with Crippen molar-refractivity contribution in [2.45, 2.75) is 78.1 Å². The quantitative estimate of drug-likeness (QED) is 0.485. The van der Waals surface area contributed by atoms with Gasteiger partial charge in [-0.3, -0.25) is 14.5 Å². The Morgan fingerprint density at radius 3 is 2.53 bits per heavy atom. The minimum atomic E-state index is -4.47. The molecule has 3 aromatic heterocycles. The highest BCUT2D eigenvalue weighted by Crippen LogP contribution is 2.32. The highest BCUT2D eigenvalue weighted by Gasteiger charge is 2.38. The van der Waals surface area contributed by atoms with Gasteiger partial charge in [-0.2, -0.15) is 23.3 Å². The summed E-state index contributed by atoms with van der Waals surface area (Å²) in [6, 6.07) is 1.89. The van der Waals surface area contributed by atoms with Gasteiger partial charge in [0.05, 0.1) is 24.4 Å². The normalized spacial score (nSPS) is 16.9. The molecule has 0 aliphatic carbocycles. The van der Waals surface area contributed by atoms with Gasteiger partial charge in [-0.1, -0.05) is 6.07 Å². The van der Waals surface area contributed by atoms with Crippen LogP contribution in [0.3, 0.4) is 0 Å². The van der Waals surface area contributed by atoms with Crippen LogP contribution in [0.25, 0.3) is 0 Å². The average molecular weight is 532 g/mol. The van der Waals surface area contributed by atoms with E-state index in [1.807, 2.05) is 46.6 Å². The fourth-order valence-electron chi connectivity index (χ4n) is 4.62. The average Bonchev–Trinajstić information content (AvgIpc) is 3.24. The summed E-state index contributed by atoms with van der Waals surface area (Å²) in [6.45, 7) is 10.3. The monoisotopic (exact) mass is 531 g/mol. The molecule has 0 amide bonds. The van der Waals surface area contributed by atoms with E-state index in [0.717, 1.165) is 22.9 Å². The first kappa shape index (κ1) is 27.5. The number of hydrogen-bond donors (Lipinski definition) is 1. The van der Waals surface area contributed by atoms with Crippen molar-refractivity contribution in [3.05, 3.63) is 58.8 Å². The summed E-state index contributed by atoms with van der Waals surface area (Å²) in [4.78, 5) is 27.6. The van der Waals surface area contributed by atoms with Crippen LogP contribution in [0.2, 0.25) is 0 Å². The van der Waals surface area contributed by atoms with Gasteiger partial charge in [0.2, 0.25) is 5.95 Å². The number of nitrogens with zero attached hydrogens (tertiary/aromatic N) is 6. The minimum absolute atomic E-state index is 0.0693. The number of ketones is 1. The lowest BCUT2D eigenvalue weighted by atomic mass is 9.93. The van der Waals surface area contributed by atoms with E-state index in [0.29, 0.717) is 23.9 Å². The Morgan fingerprint density at radius 1 is 1.16 bits per heavy atom. The zero-order chi connectivity index (χ0) is 27.8. The fraction of sp³-hybridized carbons (Fsp3) is 0.500. The summed E-state index contributed by atoms with van der Waals surface area (Å²) in [5.41, 5.74) is 1.67. The molecule has 9 nitrogen and oxygen atoms in total. The molecular weight excluding hydrogens is 499 g/mol. The van der Waals surface area contributed by atoms with Crippen LogP contribution in [-0.2, 0) is 35.2 Å². The van der Waals surface area contributed by atoms with E-state index in [1.165, 1.54) is 12.3 Å². The molecule has 0 radical (unpaired) electrons. The number of halogens is 3. The summed E-state index contributed by atoms with van der Waals surface area (Å²) in [7, 11) is 1.85. The number of nitrogens with one attached hydrogen (secondary N) is 1. The van der Waals surface area contributed by atoms with Crippen LogP contribution in [0.1, 0.15) is 55.8 Å². The number of anilines is 2. The second-order valence-corrected chi connectivity index (χ2v) is 10.5. The minimum Gasteiger partial charge on any atom is -0.370 e. The Balaban J connectivity index is 1.44. The number of likely N-dealkylation sites (N-methyl/N-ethyl adjacent to an activating group) is 1. The largest absolute Gasteiger partial charge is 0.433 e. The van der Waals surface area contributed by atoms with Crippen LogP contribution in [0, 0.1) is 6.92 Å². The first-order chi connectivity index (χ1) is 17.7. The van der Waals surface area contributed by atoms with Crippen LogP contribution in [0.5, 0.6) is 0 Å². The number of Topliss-reactive ketones (excluding diaryl/α,β-unsaturated/α-hetero) is 1. The van der Waals surface area contributed by atoms with Crippen LogP contribution < -0.4 is 10.2 Å². The number of alkyl halides is 3. The van der Waals surface area contributed by atoms with Gasteiger partial charge >= 0.3 is 6.18 Å². The SMILES string of the molecule is Cc1nc(NCc2cnn(Cc3ccc(C(F)(F)F)nc3)c2)nc2c1CC(=O)[C@H]([C@H](C)OC(C)(C)C)N2C. The topological polar surface area (TPSA) is 98.1 Å². The van der Waals surface area contributed by atoms with E-state index in [-0.39, 0.29) is 30.5 Å². The molecule has 1 aliphatic rings. The molecule has 0 bridgehead atoms. The second-order valence-electron chi connectivity index (χ2n) is 10.5. The Labute approximate surface area is 219 Å². The molecule has 4 rings (SSSR count). The molecular formula is C26H32F3N7O2. The van der Waals surface area contributed by atoms with Crippen LogP contribution in [-0.4, -0.2) is 55.3 Å². The third-order valence-electron chi connectivity index (χ3n) is 6.21. The molecule has 0 aromatic carbocycles. The summed E-state index contributed by atoms with van der Waals surface area (Å²) < 4.78 is 45.9. The first-order valence-electron chi connectivity index (χ1n) is 12.3. The number of ether oxygens (including phenoxy) is 1. The molecule has 204 valence electrons. The molecule has 38 heavy (non-hydrogen) atoms. The van der Waals surface area contributed by atoms with E-state index < -0.39 is 17.9 Å². The molecule has 12 heteroatoms. The summed E-state index contributed by atoms with van der Waals surface area (Å²) >= 11 is 0. The van der Waals surface area contributed by atoms with Crippen molar-refractivity contribution in [3.8, 4) is 0 Å². The third kappa shape index (κ3) is 6.29. The van der Waals surface area contributed by atoms with Gasteiger partial charge in [0.25, 0.3) is 0 Å². The van der Waals surface area contributed by atoms with Gasteiger partial charge in [0.15, 0.2) is 5.78 Å². The van der Waals surface area contributed by atoms with E-state index in [4.69, 9.17) is 9.72 Å². The van der Waals surface area contributed by atoms with Crippen LogP contribution >= 0.6 is 0 Å². The molecule has 1 N–H and O–H groups in total. The van der Waals surface area contributed by atoms with Crippen molar-refractivity contribution in [1.82, 2.24) is 24.7 Å². The van der Waals surface area contributed by atoms with Crippen molar-refractivity contribution in [3.63, 3.8) is 0 Å². The fourth-order valence-corrected chi connectivity index (χ4v) is 4.62. The van der Waals surface area contributed by atoms with E-state index >= 15 is 0 Å². The number of aromatic nitrogens is 5. The molecule has 3 aromatic rings. The summed E-state index contributed by atoms with van der Waals surface area (Å²) in [5, 5.41) is 7.50. The number of rotatable bonds is 7. The van der Waals surface area contributed by atoms with Crippen molar-refractivity contribution >= 4 is 17.5 Å². The lowest BCUT2D eigenvalue weighted by Crippen LogP contribution is -2.52. The number of hydrogen-bond acceptors (Lipinski definition) is 8. The zero-order valence-electron chi connectivity index (χ0n) is 22.3. The first-order valence-corrected chi connectivity index (χ1v) is 12.3. The van der Waals surface area contributed by atoms with Crippen LogP contribution in [0.4, 0.5) is 24.9 Å². The van der Waals surface area contributed by atoms with Gasteiger partial charge in [0.1, 0.15) is 17.6 Å². The molecule has 4 heterocycles. The third-order valence-corrected chi connectivity index (χ3v) is 6.21. The summed E-state index contributed by atoms with van der Waals surface area (Å²) in [5.74, 6) is 1.18. The van der Waals surface area contributed by atoms with E-state index in [2.05, 4.69) is 20.4 Å². The molecule has 0 fully saturated rings. The standard InChI is InChI=1S/C26H32F3N7O2/c1-15-19-9-20(37)22(16(2)38-25(3,4)5)35(6)23(19)34-24(33-15)31-11-18-12-32-36(14-18)13-17-7-8-21(30-10-17)26(27,28)29/h7-8,10,12,14,16,22H,9,11,13H2,1-6H3,(H,31,33,34)/t16-,22-/m0/s1.